The van der Waals surface area contributed by atoms with Crippen molar-refractivity contribution in [2.24, 2.45) is 5.41 Å². The van der Waals surface area contributed by atoms with Crippen molar-refractivity contribution in [3.63, 3.8) is 0 Å². The van der Waals surface area contributed by atoms with Crippen LogP contribution in [0.25, 0.3) is 11.1 Å². The number of piperidine rings is 1. The number of rotatable bonds is 5. The topological polar surface area (TPSA) is 40.6 Å². The maximum absolute atomic E-state index is 13.6. The van der Waals surface area contributed by atoms with E-state index in [-0.39, 0.29) is 17.6 Å². The van der Waals surface area contributed by atoms with E-state index >= 15 is 0 Å². The van der Waals surface area contributed by atoms with Gasteiger partial charge >= 0.3 is 0 Å². The van der Waals surface area contributed by atoms with Crippen molar-refractivity contribution in [1.29, 1.82) is 0 Å². The Hall–Kier alpha value is -2.69. The molecule has 29 heavy (non-hydrogen) atoms. The lowest BCUT2D eigenvalue weighted by atomic mass is 9.73. The third-order valence-corrected chi connectivity index (χ3v) is 5.72. The number of hydrogen-bond donors (Lipinski definition) is 0. The van der Waals surface area contributed by atoms with Crippen LogP contribution in [-0.2, 0) is 16.0 Å². The van der Waals surface area contributed by atoms with Gasteiger partial charge in [0.15, 0.2) is 0 Å². The average Bonchev–Trinajstić information content (AvgIpc) is 2.72. The summed E-state index contributed by atoms with van der Waals surface area (Å²) in [5.41, 5.74) is 2.12. The fourth-order valence-electron chi connectivity index (χ4n) is 4.36. The number of likely N-dealkylation sites (tertiary alicyclic amines) is 1. The van der Waals surface area contributed by atoms with Gasteiger partial charge in [0.1, 0.15) is 5.82 Å². The summed E-state index contributed by atoms with van der Waals surface area (Å²) in [6, 6.07) is 14.5. The second-order valence-electron chi connectivity index (χ2n) is 8.14. The molecule has 4 nitrogen and oxygen atoms in total. The van der Waals surface area contributed by atoms with Gasteiger partial charge < -0.3 is 9.80 Å². The first kappa shape index (κ1) is 21.0. The Bertz CT molecular complexity index is 896. The predicted molar refractivity (Wildman–Crippen MR) is 113 cm³/mol. The molecule has 2 amide bonds. The highest BCUT2D eigenvalue weighted by molar-refractivity contribution is 5.84. The molecular formula is C24H29FN2O2. The van der Waals surface area contributed by atoms with Crippen molar-refractivity contribution < 1.29 is 14.0 Å². The lowest BCUT2D eigenvalue weighted by molar-refractivity contribution is -0.147. The van der Waals surface area contributed by atoms with Gasteiger partial charge in [0.05, 0.1) is 5.41 Å². The molecule has 2 aromatic rings. The first-order chi connectivity index (χ1) is 13.8. The second kappa shape index (κ2) is 8.76. The third-order valence-electron chi connectivity index (χ3n) is 5.72. The number of nitrogens with zero attached hydrogens (tertiary/aromatic N) is 2. The molecule has 3 rings (SSSR count). The van der Waals surface area contributed by atoms with Gasteiger partial charge in [-0.05, 0) is 48.1 Å². The molecule has 1 saturated heterocycles. The van der Waals surface area contributed by atoms with Crippen molar-refractivity contribution in [2.45, 2.75) is 32.6 Å². The fourth-order valence-corrected chi connectivity index (χ4v) is 4.36. The van der Waals surface area contributed by atoms with Gasteiger partial charge in [-0.1, -0.05) is 43.3 Å². The largest absolute Gasteiger partial charge is 0.348 e. The second-order valence-corrected chi connectivity index (χ2v) is 8.14. The summed E-state index contributed by atoms with van der Waals surface area (Å²) in [7, 11) is 3.54. The van der Waals surface area contributed by atoms with Gasteiger partial charge in [-0.2, -0.15) is 0 Å². The number of halogens is 1. The van der Waals surface area contributed by atoms with Gasteiger partial charge in [-0.15, -0.1) is 0 Å². The molecule has 1 aliphatic rings. The van der Waals surface area contributed by atoms with Gasteiger partial charge in [0.25, 0.3) is 0 Å². The van der Waals surface area contributed by atoms with Crippen LogP contribution in [0.4, 0.5) is 4.39 Å². The zero-order valence-corrected chi connectivity index (χ0v) is 17.5. The Morgan fingerprint density at radius 2 is 1.79 bits per heavy atom. The number of amides is 2. The molecule has 0 N–H and O–H groups in total. The molecule has 5 heteroatoms. The molecule has 2 aromatic carbocycles. The Kier molecular flexibility index (Phi) is 6.36. The first-order valence-corrected chi connectivity index (χ1v) is 10.2. The number of benzene rings is 2. The summed E-state index contributed by atoms with van der Waals surface area (Å²) >= 11 is 0. The van der Waals surface area contributed by atoms with Crippen LogP contribution in [0.5, 0.6) is 0 Å². The fraction of sp³-hybridized carbons (Fsp3) is 0.417. The smallest absolute Gasteiger partial charge is 0.230 e. The first-order valence-electron chi connectivity index (χ1n) is 10.2. The molecule has 1 atom stereocenters. The Morgan fingerprint density at radius 3 is 2.45 bits per heavy atom. The number of carbonyl (C=O) groups is 2. The summed E-state index contributed by atoms with van der Waals surface area (Å²) in [6.07, 6.45) is 2.57. The monoisotopic (exact) mass is 396 g/mol. The van der Waals surface area contributed by atoms with Crippen LogP contribution in [0, 0.1) is 11.2 Å². The van der Waals surface area contributed by atoms with Gasteiger partial charge in [-0.25, -0.2) is 4.39 Å². The van der Waals surface area contributed by atoms with Gasteiger partial charge in [-0.3, -0.25) is 9.59 Å². The zero-order valence-electron chi connectivity index (χ0n) is 17.5. The highest BCUT2D eigenvalue weighted by Gasteiger charge is 2.44. The summed E-state index contributed by atoms with van der Waals surface area (Å²) < 4.78 is 13.6. The quantitative estimate of drug-likeness (QED) is 0.762. The van der Waals surface area contributed by atoms with Crippen LogP contribution in [0.3, 0.4) is 0 Å². The van der Waals surface area contributed by atoms with Crippen LogP contribution in [-0.4, -0.2) is 48.8 Å². The van der Waals surface area contributed by atoms with Gasteiger partial charge in [0.2, 0.25) is 11.8 Å². The van der Waals surface area contributed by atoms with E-state index in [4.69, 9.17) is 0 Å². The average molecular weight is 397 g/mol. The van der Waals surface area contributed by atoms with Crippen molar-refractivity contribution in [2.75, 3.05) is 27.2 Å². The molecule has 0 unspecified atom stereocenters. The van der Waals surface area contributed by atoms with E-state index in [2.05, 4.69) is 0 Å². The maximum Gasteiger partial charge on any atom is 0.230 e. The summed E-state index contributed by atoms with van der Waals surface area (Å²) in [5.74, 6) is -0.121. The third kappa shape index (κ3) is 4.66. The van der Waals surface area contributed by atoms with Crippen molar-refractivity contribution in [3.05, 3.63) is 59.9 Å². The molecule has 1 heterocycles. The van der Waals surface area contributed by atoms with E-state index in [1.807, 2.05) is 42.2 Å². The highest BCUT2D eigenvalue weighted by atomic mass is 19.1. The van der Waals surface area contributed by atoms with E-state index in [1.165, 1.54) is 12.1 Å². The Morgan fingerprint density at radius 1 is 1.10 bits per heavy atom. The minimum absolute atomic E-state index is 0.0576. The molecule has 1 aliphatic heterocycles. The van der Waals surface area contributed by atoms with E-state index in [1.54, 1.807) is 25.1 Å². The minimum atomic E-state index is -0.632. The summed E-state index contributed by atoms with van der Waals surface area (Å²) in [6.45, 7) is 3.01. The molecule has 0 aliphatic carbocycles. The number of hydrogen-bond acceptors (Lipinski definition) is 2. The van der Waals surface area contributed by atoms with Crippen LogP contribution in [0.15, 0.2) is 48.5 Å². The van der Waals surface area contributed by atoms with Gasteiger partial charge in [0, 0.05) is 33.6 Å². The number of carbonyl (C=O) groups excluding carboxylic acids is 2. The SMILES string of the molecule is CCC(=O)N1CCC[C@@](Cc2cccc(-c3cccc(F)c3)c2)(C(=O)N(C)C)C1. The van der Waals surface area contributed by atoms with E-state index in [9.17, 15) is 14.0 Å². The lowest BCUT2D eigenvalue weighted by Crippen LogP contribution is -2.54. The Balaban J connectivity index is 1.93. The molecule has 1 fully saturated rings. The lowest BCUT2D eigenvalue weighted by Gasteiger charge is -2.43. The highest BCUT2D eigenvalue weighted by Crippen LogP contribution is 2.36. The van der Waals surface area contributed by atoms with Crippen LogP contribution in [0.2, 0.25) is 0 Å². The van der Waals surface area contributed by atoms with E-state index < -0.39 is 5.41 Å². The zero-order chi connectivity index (χ0) is 21.0. The molecular weight excluding hydrogens is 367 g/mol. The molecule has 0 radical (unpaired) electrons. The maximum atomic E-state index is 13.6. The van der Waals surface area contributed by atoms with Crippen molar-refractivity contribution >= 4 is 11.8 Å². The summed E-state index contributed by atoms with van der Waals surface area (Å²) in [4.78, 5) is 29.0. The molecule has 0 saturated carbocycles. The Labute approximate surface area is 172 Å². The van der Waals surface area contributed by atoms with Crippen LogP contribution < -0.4 is 0 Å². The minimum Gasteiger partial charge on any atom is -0.348 e. The molecule has 154 valence electrons. The van der Waals surface area contributed by atoms with Crippen molar-refractivity contribution in [3.8, 4) is 11.1 Å². The summed E-state index contributed by atoms with van der Waals surface area (Å²) in [5, 5.41) is 0. The van der Waals surface area contributed by atoms with E-state index in [0.717, 1.165) is 29.5 Å². The molecule has 0 aromatic heterocycles. The van der Waals surface area contributed by atoms with Crippen molar-refractivity contribution in [1.82, 2.24) is 9.80 Å². The van der Waals surface area contributed by atoms with Crippen LogP contribution >= 0.6 is 0 Å². The molecule has 0 bridgehead atoms. The normalized spacial score (nSPS) is 19.1. The molecule has 0 spiro atoms. The predicted octanol–water partition coefficient (Wildman–Crippen LogP) is 4.14. The van der Waals surface area contributed by atoms with E-state index in [0.29, 0.717) is 25.9 Å². The van der Waals surface area contributed by atoms with Crippen LogP contribution in [0.1, 0.15) is 31.7 Å². The standard InChI is InChI=1S/C24H29FN2O2/c1-4-22(28)27-13-7-12-24(17-27,23(29)26(2)3)16-18-8-5-9-19(14-18)20-10-6-11-21(25)15-20/h5-6,8-11,14-15H,4,7,12-13,16-17H2,1-3H3/t24-/m0/s1.